The number of hydrogen-bond donors (Lipinski definition) is 2. The summed E-state index contributed by atoms with van der Waals surface area (Å²) in [5, 5.41) is 6.80. The van der Waals surface area contributed by atoms with E-state index in [-0.39, 0.29) is 5.91 Å². The number of benzene rings is 1. The van der Waals surface area contributed by atoms with Crippen LogP contribution in [0.4, 0.5) is 0 Å². The van der Waals surface area contributed by atoms with Gasteiger partial charge in [0.25, 0.3) is 0 Å². The summed E-state index contributed by atoms with van der Waals surface area (Å²) >= 11 is 0. The summed E-state index contributed by atoms with van der Waals surface area (Å²) in [6.45, 7) is 10.5. The van der Waals surface area contributed by atoms with Crippen LogP contribution in [0.1, 0.15) is 57.6 Å². The highest BCUT2D eigenvalue weighted by Crippen LogP contribution is 2.17. The third kappa shape index (κ3) is 6.04. The van der Waals surface area contributed by atoms with E-state index in [1.807, 2.05) is 17.0 Å². The van der Waals surface area contributed by atoms with E-state index in [1.54, 1.807) is 0 Å². The van der Waals surface area contributed by atoms with E-state index in [4.69, 9.17) is 4.99 Å². The van der Waals surface area contributed by atoms with Gasteiger partial charge in [-0.2, -0.15) is 0 Å². The SMILES string of the molecule is CCNC(=NCc1ccccc1CN1CCCC1=O)NCC(CC)CC. The fraction of sp³-hybridized carbons (Fsp3) is 0.619. The Morgan fingerprint density at radius 2 is 1.88 bits per heavy atom. The number of carbonyl (C=O) groups excluding carboxylic acids is 1. The van der Waals surface area contributed by atoms with E-state index >= 15 is 0 Å². The molecule has 0 aromatic heterocycles. The number of amides is 1. The highest BCUT2D eigenvalue weighted by molar-refractivity contribution is 5.79. The molecule has 2 rings (SSSR count). The highest BCUT2D eigenvalue weighted by atomic mass is 16.2. The van der Waals surface area contributed by atoms with E-state index < -0.39 is 0 Å². The predicted molar refractivity (Wildman–Crippen MR) is 108 cm³/mol. The third-order valence-corrected chi connectivity index (χ3v) is 5.12. The first-order valence-electron chi connectivity index (χ1n) is 10.0. The fourth-order valence-electron chi connectivity index (χ4n) is 3.27. The van der Waals surface area contributed by atoms with Gasteiger partial charge in [-0.1, -0.05) is 51.0 Å². The van der Waals surface area contributed by atoms with Crippen molar-refractivity contribution >= 4 is 11.9 Å². The van der Waals surface area contributed by atoms with Gasteiger partial charge in [0, 0.05) is 32.6 Å². The molecule has 1 aromatic carbocycles. The minimum absolute atomic E-state index is 0.267. The van der Waals surface area contributed by atoms with Crippen molar-refractivity contribution in [1.82, 2.24) is 15.5 Å². The molecule has 0 aliphatic carbocycles. The van der Waals surface area contributed by atoms with Crippen molar-refractivity contribution in [2.24, 2.45) is 10.9 Å². The van der Waals surface area contributed by atoms with Gasteiger partial charge in [-0.15, -0.1) is 0 Å². The molecular formula is C21H34N4O. The van der Waals surface area contributed by atoms with Gasteiger partial charge in [0.15, 0.2) is 5.96 Å². The van der Waals surface area contributed by atoms with Gasteiger partial charge in [-0.3, -0.25) is 4.79 Å². The van der Waals surface area contributed by atoms with Crippen molar-refractivity contribution in [2.75, 3.05) is 19.6 Å². The maximum atomic E-state index is 11.9. The van der Waals surface area contributed by atoms with E-state index in [1.165, 1.54) is 24.0 Å². The van der Waals surface area contributed by atoms with Crippen LogP contribution in [-0.2, 0) is 17.9 Å². The van der Waals surface area contributed by atoms with Crippen LogP contribution in [0.5, 0.6) is 0 Å². The predicted octanol–water partition coefficient (Wildman–Crippen LogP) is 3.30. The topological polar surface area (TPSA) is 56.7 Å². The second kappa shape index (κ2) is 10.8. The normalized spacial score (nSPS) is 15.0. The molecule has 1 amide bonds. The maximum absolute atomic E-state index is 11.9. The van der Waals surface area contributed by atoms with Crippen LogP contribution in [0.15, 0.2) is 29.3 Å². The second-order valence-electron chi connectivity index (χ2n) is 6.95. The lowest BCUT2D eigenvalue weighted by atomic mass is 10.0. The Morgan fingerprint density at radius 3 is 2.50 bits per heavy atom. The minimum Gasteiger partial charge on any atom is -0.357 e. The van der Waals surface area contributed by atoms with Crippen LogP contribution in [-0.4, -0.2) is 36.4 Å². The Labute approximate surface area is 158 Å². The molecule has 5 nitrogen and oxygen atoms in total. The molecule has 1 aromatic rings. The Bertz CT molecular complexity index is 595. The first-order valence-corrected chi connectivity index (χ1v) is 10.0. The number of carbonyl (C=O) groups is 1. The summed E-state index contributed by atoms with van der Waals surface area (Å²) in [4.78, 5) is 18.7. The van der Waals surface area contributed by atoms with Crippen LogP contribution in [0.3, 0.4) is 0 Å². The summed E-state index contributed by atoms with van der Waals surface area (Å²) in [6, 6.07) is 8.31. The monoisotopic (exact) mass is 358 g/mol. The first kappa shape index (κ1) is 20.3. The average molecular weight is 359 g/mol. The molecule has 0 unspecified atom stereocenters. The van der Waals surface area contributed by atoms with Gasteiger partial charge in [-0.25, -0.2) is 4.99 Å². The van der Waals surface area contributed by atoms with Crippen molar-refractivity contribution in [3.05, 3.63) is 35.4 Å². The molecule has 1 aliphatic heterocycles. The molecule has 0 spiro atoms. The quantitative estimate of drug-likeness (QED) is 0.526. The Hall–Kier alpha value is -2.04. The van der Waals surface area contributed by atoms with Gasteiger partial charge in [0.05, 0.1) is 6.54 Å². The van der Waals surface area contributed by atoms with E-state index in [0.29, 0.717) is 25.4 Å². The minimum atomic E-state index is 0.267. The number of nitrogens with zero attached hydrogens (tertiary/aromatic N) is 2. The summed E-state index contributed by atoms with van der Waals surface area (Å²) in [7, 11) is 0. The zero-order valence-electron chi connectivity index (χ0n) is 16.6. The summed E-state index contributed by atoms with van der Waals surface area (Å²) < 4.78 is 0. The Balaban J connectivity index is 2.02. The van der Waals surface area contributed by atoms with Gasteiger partial charge in [0.1, 0.15) is 0 Å². The Kier molecular flexibility index (Phi) is 8.45. The fourth-order valence-corrected chi connectivity index (χ4v) is 3.27. The van der Waals surface area contributed by atoms with E-state index in [9.17, 15) is 4.79 Å². The van der Waals surface area contributed by atoms with Crippen LogP contribution in [0.25, 0.3) is 0 Å². The second-order valence-corrected chi connectivity index (χ2v) is 6.95. The lowest BCUT2D eigenvalue weighted by molar-refractivity contribution is -0.128. The molecule has 2 N–H and O–H groups in total. The largest absolute Gasteiger partial charge is 0.357 e. The molecule has 5 heteroatoms. The van der Waals surface area contributed by atoms with E-state index in [2.05, 4.69) is 43.5 Å². The lowest BCUT2D eigenvalue weighted by Crippen LogP contribution is -2.39. The maximum Gasteiger partial charge on any atom is 0.222 e. The number of nitrogens with one attached hydrogen (secondary N) is 2. The summed E-state index contributed by atoms with van der Waals surface area (Å²) in [5.41, 5.74) is 2.38. The number of guanidine groups is 1. The van der Waals surface area contributed by atoms with Crippen molar-refractivity contribution in [1.29, 1.82) is 0 Å². The van der Waals surface area contributed by atoms with Crippen LogP contribution >= 0.6 is 0 Å². The van der Waals surface area contributed by atoms with Gasteiger partial charge in [0.2, 0.25) is 5.91 Å². The molecule has 1 aliphatic rings. The molecule has 0 radical (unpaired) electrons. The van der Waals surface area contributed by atoms with Crippen molar-refractivity contribution in [2.45, 2.75) is 59.5 Å². The zero-order valence-corrected chi connectivity index (χ0v) is 16.6. The molecular weight excluding hydrogens is 324 g/mol. The molecule has 1 saturated heterocycles. The van der Waals surface area contributed by atoms with Gasteiger partial charge in [-0.05, 0) is 30.4 Å². The van der Waals surface area contributed by atoms with E-state index in [0.717, 1.165) is 32.0 Å². The molecule has 0 atom stereocenters. The van der Waals surface area contributed by atoms with Gasteiger partial charge >= 0.3 is 0 Å². The number of aliphatic imine (C=N–C) groups is 1. The summed E-state index contributed by atoms with van der Waals surface area (Å²) in [5.74, 6) is 1.81. The molecule has 1 heterocycles. The molecule has 0 bridgehead atoms. The Morgan fingerprint density at radius 1 is 1.15 bits per heavy atom. The standard InChI is InChI=1S/C21H34N4O/c1-4-17(5-2)14-23-21(22-6-3)24-15-18-10-7-8-11-19(18)16-25-13-9-12-20(25)26/h7-8,10-11,17H,4-6,9,12-16H2,1-3H3,(H2,22,23,24). The van der Waals surface area contributed by atoms with Crippen LogP contribution < -0.4 is 10.6 Å². The van der Waals surface area contributed by atoms with Crippen molar-refractivity contribution < 1.29 is 4.79 Å². The zero-order chi connectivity index (χ0) is 18.8. The van der Waals surface area contributed by atoms with Crippen molar-refractivity contribution in [3.8, 4) is 0 Å². The first-order chi connectivity index (χ1) is 12.7. The highest BCUT2D eigenvalue weighted by Gasteiger charge is 2.20. The summed E-state index contributed by atoms with van der Waals surface area (Å²) in [6.07, 6.45) is 4.01. The molecule has 26 heavy (non-hydrogen) atoms. The van der Waals surface area contributed by atoms with Gasteiger partial charge < -0.3 is 15.5 Å². The molecule has 1 fully saturated rings. The number of hydrogen-bond acceptors (Lipinski definition) is 2. The van der Waals surface area contributed by atoms with Crippen LogP contribution in [0, 0.1) is 5.92 Å². The van der Waals surface area contributed by atoms with Crippen molar-refractivity contribution in [3.63, 3.8) is 0 Å². The molecule has 144 valence electrons. The lowest BCUT2D eigenvalue weighted by Gasteiger charge is -2.18. The van der Waals surface area contributed by atoms with Crippen LogP contribution in [0.2, 0.25) is 0 Å². The molecule has 0 saturated carbocycles. The third-order valence-electron chi connectivity index (χ3n) is 5.12. The number of rotatable bonds is 9. The smallest absolute Gasteiger partial charge is 0.222 e. The average Bonchev–Trinajstić information content (AvgIpc) is 3.06. The number of likely N-dealkylation sites (tertiary alicyclic amines) is 1.